The molecule has 1 amide bonds. The second-order valence-corrected chi connectivity index (χ2v) is 4.59. The average Bonchev–Trinajstić information content (AvgIpc) is 2.63. The molecule has 1 aromatic carbocycles. The Kier molecular flexibility index (Phi) is 9.59. The Bertz CT molecular complexity index is 727. The third-order valence-corrected chi connectivity index (χ3v) is 2.89. The molecule has 0 aromatic heterocycles. The summed E-state index contributed by atoms with van der Waals surface area (Å²) in [7, 11) is 0. The predicted octanol–water partition coefficient (Wildman–Crippen LogP) is 2.61. The van der Waals surface area contributed by atoms with Crippen LogP contribution in [0.15, 0.2) is 28.4 Å². The van der Waals surface area contributed by atoms with Gasteiger partial charge in [-0.2, -0.15) is 0 Å². The maximum atomic E-state index is 12.0. The Labute approximate surface area is 147 Å². The van der Waals surface area contributed by atoms with Crippen molar-refractivity contribution in [2.45, 2.75) is 0 Å². The monoisotopic (exact) mass is 364 g/mol. The van der Waals surface area contributed by atoms with E-state index in [4.69, 9.17) is 20.5 Å². The number of benzene rings is 1. The first-order valence-electron chi connectivity index (χ1n) is 7.38. The van der Waals surface area contributed by atoms with Crippen LogP contribution in [0.25, 0.3) is 20.9 Å². The number of hydrogen-bond donors (Lipinski definition) is 1. The van der Waals surface area contributed by atoms with Crippen LogP contribution in [0.1, 0.15) is 10.4 Å². The number of ether oxygens (including phenoxy) is 2. The first-order valence-corrected chi connectivity index (χ1v) is 7.38. The van der Waals surface area contributed by atoms with Crippen LogP contribution in [0.4, 0.5) is 11.4 Å². The highest BCUT2D eigenvalue weighted by atomic mass is 16.6. The zero-order chi connectivity index (χ0) is 19.2. The fraction of sp³-hybridized carbons (Fsp3) is 0.462. The van der Waals surface area contributed by atoms with E-state index in [-0.39, 0.29) is 30.9 Å². The standard InChI is InChI=1S/C13H16N8O5/c14-19-17-4-6-26-8-7-25-5-3-16-13(22)10-1-2-11(18-20-15)12(9-10)21(23)24/h1-2,9H,3-8H2,(H,16,22). The van der Waals surface area contributed by atoms with Gasteiger partial charge < -0.3 is 14.8 Å². The second-order valence-electron chi connectivity index (χ2n) is 4.59. The molecule has 0 radical (unpaired) electrons. The molecule has 0 saturated carbocycles. The lowest BCUT2D eigenvalue weighted by atomic mass is 10.1. The largest absolute Gasteiger partial charge is 0.379 e. The van der Waals surface area contributed by atoms with Crippen molar-refractivity contribution in [1.29, 1.82) is 0 Å². The van der Waals surface area contributed by atoms with E-state index in [1.807, 2.05) is 0 Å². The van der Waals surface area contributed by atoms with Crippen LogP contribution >= 0.6 is 0 Å². The lowest BCUT2D eigenvalue weighted by molar-refractivity contribution is -0.384. The van der Waals surface area contributed by atoms with Gasteiger partial charge in [-0.25, -0.2) is 0 Å². The number of carbonyl (C=O) groups excluding carboxylic acids is 1. The Hall–Kier alpha value is -3.37. The topological polar surface area (TPSA) is 188 Å². The molecule has 0 spiro atoms. The summed E-state index contributed by atoms with van der Waals surface area (Å²) in [4.78, 5) is 27.3. The van der Waals surface area contributed by atoms with E-state index < -0.39 is 16.5 Å². The number of nitro groups is 1. The third-order valence-electron chi connectivity index (χ3n) is 2.89. The summed E-state index contributed by atoms with van der Waals surface area (Å²) in [5.41, 5.74) is 15.9. The molecule has 13 nitrogen and oxygen atoms in total. The van der Waals surface area contributed by atoms with E-state index in [0.717, 1.165) is 6.07 Å². The van der Waals surface area contributed by atoms with Crippen LogP contribution < -0.4 is 5.32 Å². The van der Waals surface area contributed by atoms with Gasteiger partial charge in [-0.05, 0) is 23.2 Å². The minimum Gasteiger partial charge on any atom is -0.379 e. The molecule has 0 fully saturated rings. The van der Waals surface area contributed by atoms with E-state index >= 15 is 0 Å². The Morgan fingerprint density at radius 1 is 1.19 bits per heavy atom. The number of amides is 1. The lowest BCUT2D eigenvalue weighted by Gasteiger charge is -2.07. The quantitative estimate of drug-likeness (QED) is 0.149. The van der Waals surface area contributed by atoms with Gasteiger partial charge in [-0.3, -0.25) is 14.9 Å². The number of hydrogen-bond acceptors (Lipinski definition) is 7. The van der Waals surface area contributed by atoms with Gasteiger partial charge in [-0.15, -0.1) is 0 Å². The molecule has 0 atom stereocenters. The first-order chi connectivity index (χ1) is 12.6. The highest BCUT2D eigenvalue weighted by Gasteiger charge is 2.16. The van der Waals surface area contributed by atoms with Crippen molar-refractivity contribution in [3.63, 3.8) is 0 Å². The van der Waals surface area contributed by atoms with E-state index in [0.29, 0.717) is 19.8 Å². The highest BCUT2D eigenvalue weighted by molar-refractivity contribution is 5.95. The van der Waals surface area contributed by atoms with Crippen LogP contribution in [-0.4, -0.2) is 50.3 Å². The predicted molar refractivity (Wildman–Crippen MR) is 89.9 cm³/mol. The molecule has 0 heterocycles. The number of azide groups is 2. The number of carbonyl (C=O) groups is 1. The van der Waals surface area contributed by atoms with Gasteiger partial charge in [0.15, 0.2) is 0 Å². The van der Waals surface area contributed by atoms with Gasteiger partial charge in [-0.1, -0.05) is 10.2 Å². The third kappa shape index (κ3) is 7.47. The number of nitrogens with one attached hydrogen (secondary N) is 1. The molecule has 0 unspecified atom stereocenters. The highest BCUT2D eigenvalue weighted by Crippen LogP contribution is 2.28. The molecule has 0 saturated heterocycles. The molecular weight excluding hydrogens is 348 g/mol. The van der Waals surface area contributed by atoms with E-state index in [1.54, 1.807) is 0 Å². The Morgan fingerprint density at radius 3 is 2.58 bits per heavy atom. The minimum atomic E-state index is -0.730. The van der Waals surface area contributed by atoms with Crippen molar-refractivity contribution in [1.82, 2.24) is 5.32 Å². The normalized spacial score (nSPS) is 9.69. The average molecular weight is 364 g/mol. The molecule has 1 rings (SSSR count). The molecule has 0 aliphatic rings. The summed E-state index contributed by atoms with van der Waals surface area (Å²) in [6, 6.07) is 3.57. The number of rotatable bonds is 12. The SMILES string of the molecule is [N-]=[N+]=NCCOCCOCCNC(=O)c1ccc(N=[N+]=[N-])c([N+](=O)[O-])c1. The molecule has 1 aromatic rings. The molecule has 0 bridgehead atoms. The van der Waals surface area contributed by atoms with Crippen molar-refractivity contribution in [2.75, 3.05) is 39.5 Å². The summed E-state index contributed by atoms with van der Waals surface area (Å²) >= 11 is 0. The zero-order valence-electron chi connectivity index (χ0n) is 13.6. The van der Waals surface area contributed by atoms with Crippen molar-refractivity contribution in [3.05, 3.63) is 54.8 Å². The molecular formula is C13H16N8O5. The molecule has 26 heavy (non-hydrogen) atoms. The van der Waals surface area contributed by atoms with Crippen molar-refractivity contribution in [2.24, 2.45) is 10.2 Å². The van der Waals surface area contributed by atoms with E-state index in [9.17, 15) is 14.9 Å². The zero-order valence-corrected chi connectivity index (χ0v) is 13.6. The second kappa shape index (κ2) is 12.1. The summed E-state index contributed by atoms with van der Waals surface area (Å²) in [6.45, 7) is 1.60. The first kappa shape index (κ1) is 20.7. The molecule has 0 aliphatic carbocycles. The van der Waals surface area contributed by atoms with Crippen LogP contribution in [0.5, 0.6) is 0 Å². The minimum absolute atomic E-state index is 0.0648. The van der Waals surface area contributed by atoms with Gasteiger partial charge in [0.05, 0.1) is 31.4 Å². The molecule has 0 aliphatic heterocycles. The number of nitrogens with zero attached hydrogens (tertiary/aromatic N) is 7. The smallest absolute Gasteiger partial charge is 0.279 e. The van der Waals surface area contributed by atoms with Crippen molar-refractivity contribution >= 4 is 17.3 Å². The summed E-state index contributed by atoms with van der Waals surface area (Å²) in [5.74, 6) is -0.519. The van der Waals surface area contributed by atoms with E-state index in [1.165, 1.54) is 12.1 Å². The van der Waals surface area contributed by atoms with Crippen molar-refractivity contribution in [3.8, 4) is 0 Å². The fourth-order valence-corrected chi connectivity index (χ4v) is 1.75. The summed E-state index contributed by atoms with van der Waals surface area (Å²) in [6.07, 6.45) is 0. The molecule has 13 heteroatoms. The lowest BCUT2D eigenvalue weighted by Crippen LogP contribution is -2.27. The Morgan fingerprint density at radius 2 is 1.92 bits per heavy atom. The van der Waals surface area contributed by atoms with Crippen LogP contribution in [0.2, 0.25) is 0 Å². The molecule has 138 valence electrons. The molecule has 1 N–H and O–H groups in total. The van der Waals surface area contributed by atoms with Crippen LogP contribution in [0, 0.1) is 10.1 Å². The number of nitro benzene ring substituents is 1. The van der Waals surface area contributed by atoms with Gasteiger partial charge in [0.1, 0.15) is 5.69 Å². The summed E-state index contributed by atoms with van der Waals surface area (Å²) in [5, 5.41) is 20.0. The van der Waals surface area contributed by atoms with Gasteiger partial charge >= 0.3 is 0 Å². The Balaban J connectivity index is 2.35. The van der Waals surface area contributed by atoms with Crippen molar-refractivity contribution < 1.29 is 19.2 Å². The van der Waals surface area contributed by atoms with Crippen LogP contribution in [0.3, 0.4) is 0 Å². The maximum absolute atomic E-state index is 12.0. The van der Waals surface area contributed by atoms with Gasteiger partial charge in [0.2, 0.25) is 0 Å². The van der Waals surface area contributed by atoms with E-state index in [2.05, 4.69) is 25.4 Å². The fourth-order valence-electron chi connectivity index (χ4n) is 1.75. The maximum Gasteiger partial charge on any atom is 0.279 e. The van der Waals surface area contributed by atoms with Gasteiger partial charge in [0, 0.05) is 34.5 Å². The van der Waals surface area contributed by atoms with Gasteiger partial charge in [0.25, 0.3) is 11.6 Å². The van der Waals surface area contributed by atoms with Crippen LogP contribution in [-0.2, 0) is 9.47 Å². The summed E-state index contributed by atoms with van der Waals surface area (Å²) < 4.78 is 10.4.